The van der Waals surface area contributed by atoms with E-state index in [2.05, 4.69) is 5.32 Å². The highest BCUT2D eigenvalue weighted by Gasteiger charge is 2.20. The number of fused-ring (bicyclic) bond motifs is 1. The first-order chi connectivity index (χ1) is 9.84. The van der Waals surface area contributed by atoms with Crippen molar-refractivity contribution in [1.82, 2.24) is 0 Å². The number of aromatic hydroxyl groups is 1. The van der Waals surface area contributed by atoms with Gasteiger partial charge in [0.05, 0.1) is 11.8 Å². The fraction of sp³-hybridized carbons (Fsp3) is 0.0769. The highest BCUT2D eigenvalue weighted by Crippen LogP contribution is 2.37. The Balaban J connectivity index is 2.72. The van der Waals surface area contributed by atoms with Crippen LogP contribution in [-0.4, -0.2) is 24.0 Å². The minimum Gasteiger partial charge on any atom is -0.506 e. The van der Waals surface area contributed by atoms with E-state index in [-0.39, 0.29) is 16.5 Å². The zero-order chi connectivity index (χ0) is 15.6. The Kier molecular flexibility index (Phi) is 3.80. The van der Waals surface area contributed by atoms with Crippen LogP contribution < -0.4 is 5.32 Å². The maximum absolute atomic E-state index is 11.5. The molecule has 0 bridgehead atoms. The van der Waals surface area contributed by atoms with Gasteiger partial charge in [-0.25, -0.2) is 0 Å². The molecule has 0 radical (unpaired) electrons. The lowest BCUT2D eigenvalue weighted by Gasteiger charge is -2.12. The monoisotopic (exact) mass is 306 g/mol. The van der Waals surface area contributed by atoms with Gasteiger partial charge in [0.1, 0.15) is 17.1 Å². The van der Waals surface area contributed by atoms with Crippen LogP contribution in [0.25, 0.3) is 10.8 Å². The summed E-state index contributed by atoms with van der Waals surface area (Å²) in [6.07, 6.45) is -0.409. The van der Waals surface area contributed by atoms with Crippen molar-refractivity contribution >= 4 is 32.5 Å². The molecule has 0 heterocycles. The first kappa shape index (κ1) is 14.8. The first-order valence-corrected chi connectivity index (χ1v) is 7.17. The van der Waals surface area contributed by atoms with E-state index in [1.54, 1.807) is 18.2 Å². The van der Waals surface area contributed by atoms with Gasteiger partial charge >= 0.3 is 0 Å². The van der Waals surface area contributed by atoms with Crippen LogP contribution in [0.5, 0.6) is 5.75 Å². The van der Waals surface area contributed by atoms with Gasteiger partial charge < -0.3 is 10.4 Å². The van der Waals surface area contributed by atoms with Gasteiger partial charge in [0.15, 0.2) is 0 Å². The van der Waals surface area contributed by atoms with Crippen LogP contribution >= 0.6 is 0 Å². The number of nitrogens with zero attached hydrogens (tertiary/aromatic N) is 1. The van der Waals surface area contributed by atoms with Gasteiger partial charge in [0, 0.05) is 16.8 Å². The Hall–Kier alpha value is -2.63. The number of hydrogen-bond donors (Lipinski definition) is 3. The fourth-order valence-corrected chi connectivity index (χ4v) is 2.64. The minimum atomic E-state index is -4.53. The topological polar surface area (TPSA) is 127 Å². The summed E-state index contributed by atoms with van der Waals surface area (Å²) in [5.74, 6) is -1.16. The number of phenols is 1. The van der Waals surface area contributed by atoms with Gasteiger partial charge in [0.2, 0.25) is 5.91 Å². The second-order valence-electron chi connectivity index (χ2n) is 4.17. The molecule has 108 valence electrons. The SMILES string of the molecule is N#CCC(=O)Nc1c(O)cc(S(=O)(=O)O)c2ccccc12. The van der Waals surface area contributed by atoms with Crippen LogP contribution in [0.2, 0.25) is 0 Å². The molecule has 8 heteroatoms. The normalized spacial score (nSPS) is 11.0. The number of carbonyl (C=O) groups is 1. The van der Waals surface area contributed by atoms with E-state index in [1.165, 1.54) is 12.1 Å². The van der Waals surface area contributed by atoms with Crippen molar-refractivity contribution in [1.29, 1.82) is 5.26 Å². The molecule has 0 saturated heterocycles. The predicted octanol–water partition coefficient (Wildman–Crippen LogP) is 1.64. The lowest BCUT2D eigenvalue weighted by molar-refractivity contribution is -0.115. The van der Waals surface area contributed by atoms with Crippen LogP contribution in [0.3, 0.4) is 0 Å². The Morgan fingerprint density at radius 1 is 1.29 bits per heavy atom. The van der Waals surface area contributed by atoms with Crippen molar-refractivity contribution < 1.29 is 22.9 Å². The Labute approximate surface area is 120 Å². The lowest BCUT2D eigenvalue weighted by atomic mass is 10.1. The molecule has 2 rings (SSSR count). The van der Waals surface area contributed by atoms with E-state index in [0.717, 1.165) is 6.07 Å². The predicted molar refractivity (Wildman–Crippen MR) is 74.3 cm³/mol. The number of amides is 1. The molecule has 0 atom stereocenters. The molecule has 0 fully saturated rings. The average Bonchev–Trinajstić information content (AvgIpc) is 2.40. The smallest absolute Gasteiger partial charge is 0.295 e. The molecule has 2 aromatic carbocycles. The highest BCUT2D eigenvalue weighted by molar-refractivity contribution is 7.86. The summed E-state index contributed by atoms with van der Waals surface area (Å²) in [6, 6.07) is 8.54. The molecule has 0 saturated carbocycles. The third-order valence-corrected chi connectivity index (χ3v) is 3.66. The van der Waals surface area contributed by atoms with Gasteiger partial charge in [-0.2, -0.15) is 13.7 Å². The second-order valence-corrected chi connectivity index (χ2v) is 5.56. The number of phenolic OH excluding ortho intramolecular Hbond substituents is 1. The van der Waals surface area contributed by atoms with E-state index in [9.17, 15) is 22.9 Å². The molecule has 0 aliphatic heterocycles. The zero-order valence-electron chi connectivity index (χ0n) is 10.6. The largest absolute Gasteiger partial charge is 0.506 e. The summed E-state index contributed by atoms with van der Waals surface area (Å²) < 4.78 is 31.9. The molecule has 0 aromatic heterocycles. The summed E-state index contributed by atoms with van der Waals surface area (Å²) in [5.41, 5.74) is -0.0155. The Morgan fingerprint density at radius 3 is 2.48 bits per heavy atom. The van der Waals surface area contributed by atoms with Crippen molar-refractivity contribution in [3.8, 4) is 11.8 Å². The van der Waals surface area contributed by atoms with Gasteiger partial charge in [-0.15, -0.1) is 0 Å². The molecular weight excluding hydrogens is 296 g/mol. The number of hydrogen-bond acceptors (Lipinski definition) is 5. The third kappa shape index (κ3) is 2.94. The van der Waals surface area contributed by atoms with E-state index in [0.29, 0.717) is 0 Å². The van der Waals surface area contributed by atoms with Crippen molar-refractivity contribution in [2.45, 2.75) is 11.3 Å². The van der Waals surface area contributed by atoms with Crippen molar-refractivity contribution in [3.05, 3.63) is 30.3 Å². The van der Waals surface area contributed by atoms with Gasteiger partial charge in [-0.3, -0.25) is 9.35 Å². The summed E-state index contributed by atoms with van der Waals surface area (Å²) >= 11 is 0. The van der Waals surface area contributed by atoms with E-state index in [1.807, 2.05) is 0 Å². The second kappa shape index (κ2) is 5.40. The first-order valence-electron chi connectivity index (χ1n) is 5.73. The quantitative estimate of drug-likeness (QED) is 0.584. The standard InChI is InChI=1S/C13H10N2O5S/c14-6-5-12(17)15-13-9-4-2-1-3-8(9)11(7-10(13)16)21(18,19)20/h1-4,7,16H,5H2,(H,15,17)(H,18,19,20). The molecule has 7 nitrogen and oxygen atoms in total. The van der Waals surface area contributed by atoms with Crippen molar-refractivity contribution in [2.75, 3.05) is 5.32 Å². The van der Waals surface area contributed by atoms with Crippen LogP contribution in [0.15, 0.2) is 35.2 Å². The van der Waals surface area contributed by atoms with Gasteiger partial charge in [-0.1, -0.05) is 24.3 Å². The van der Waals surface area contributed by atoms with Crippen LogP contribution in [0, 0.1) is 11.3 Å². The Bertz CT molecular complexity index is 868. The summed E-state index contributed by atoms with van der Waals surface area (Å²) in [6.45, 7) is 0. The van der Waals surface area contributed by atoms with E-state index in [4.69, 9.17) is 5.26 Å². The molecule has 0 unspecified atom stereocenters. The zero-order valence-corrected chi connectivity index (χ0v) is 11.4. The van der Waals surface area contributed by atoms with Crippen LogP contribution in [0.1, 0.15) is 6.42 Å². The number of nitrogens with one attached hydrogen (secondary N) is 1. The molecule has 21 heavy (non-hydrogen) atoms. The third-order valence-electron chi connectivity index (χ3n) is 2.77. The number of benzene rings is 2. The molecule has 3 N–H and O–H groups in total. The number of anilines is 1. The molecule has 0 spiro atoms. The highest BCUT2D eigenvalue weighted by atomic mass is 32.2. The molecular formula is C13H10N2O5S. The van der Waals surface area contributed by atoms with E-state index >= 15 is 0 Å². The van der Waals surface area contributed by atoms with Gasteiger partial charge in [-0.05, 0) is 0 Å². The summed E-state index contributed by atoms with van der Waals surface area (Å²) in [4.78, 5) is 11.0. The molecule has 0 aliphatic rings. The summed E-state index contributed by atoms with van der Waals surface area (Å²) in [7, 11) is -4.53. The fourth-order valence-electron chi connectivity index (χ4n) is 1.93. The number of carbonyl (C=O) groups excluding carboxylic acids is 1. The maximum atomic E-state index is 11.5. The van der Waals surface area contributed by atoms with Crippen molar-refractivity contribution in [3.63, 3.8) is 0 Å². The van der Waals surface area contributed by atoms with Crippen LogP contribution in [0.4, 0.5) is 5.69 Å². The number of nitriles is 1. The van der Waals surface area contributed by atoms with Crippen molar-refractivity contribution in [2.24, 2.45) is 0 Å². The average molecular weight is 306 g/mol. The molecule has 2 aromatic rings. The lowest BCUT2D eigenvalue weighted by Crippen LogP contribution is -2.11. The number of rotatable bonds is 3. The van der Waals surface area contributed by atoms with Gasteiger partial charge in [0.25, 0.3) is 10.1 Å². The molecule has 1 amide bonds. The van der Waals surface area contributed by atoms with E-state index < -0.39 is 33.1 Å². The Morgan fingerprint density at radius 2 is 1.90 bits per heavy atom. The minimum absolute atomic E-state index is 0.0155. The molecule has 0 aliphatic carbocycles. The maximum Gasteiger partial charge on any atom is 0.295 e. The summed E-state index contributed by atoms with van der Waals surface area (Å²) in [5, 5.41) is 21.1. The van der Waals surface area contributed by atoms with Crippen LogP contribution in [-0.2, 0) is 14.9 Å².